The van der Waals surface area contributed by atoms with Gasteiger partial charge in [0.25, 0.3) is 5.91 Å². The van der Waals surface area contributed by atoms with E-state index in [1.54, 1.807) is 31.4 Å². The Balaban J connectivity index is 0.974. The predicted molar refractivity (Wildman–Crippen MR) is 150 cm³/mol. The molecule has 2 amide bonds. The van der Waals surface area contributed by atoms with Gasteiger partial charge in [0.05, 0.1) is 31.0 Å². The van der Waals surface area contributed by atoms with Crippen molar-refractivity contribution in [2.75, 3.05) is 32.1 Å². The molecule has 40 heavy (non-hydrogen) atoms. The van der Waals surface area contributed by atoms with Crippen LogP contribution < -0.4 is 20.1 Å². The van der Waals surface area contributed by atoms with E-state index >= 15 is 0 Å². The van der Waals surface area contributed by atoms with Crippen molar-refractivity contribution in [3.63, 3.8) is 0 Å². The van der Waals surface area contributed by atoms with Gasteiger partial charge in [-0.3, -0.25) is 19.4 Å². The van der Waals surface area contributed by atoms with Crippen LogP contribution in [0.2, 0.25) is 0 Å². The number of ketones is 1. The van der Waals surface area contributed by atoms with E-state index in [1.807, 2.05) is 23.2 Å². The van der Waals surface area contributed by atoms with Gasteiger partial charge in [0.2, 0.25) is 5.91 Å². The van der Waals surface area contributed by atoms with Crippen molar-refractivity contribution in [1.82, 2.24) is 10.2 Å². The van der Waals surface area contributed by atoms with Crippen LogP contribution in [0.1, 0.15) is 64.8 Å². The predicted octanol–water partition coefficient (Wildman–Crippen LogP) is 4.14. The fourth-order valence-electron chi connectivity index (χ4n) is 6.80. The molecule has 206 valence electrons. The second-order valence-electron chi connectivity index (χ2n) is 11.3. The van der Waals surface area contributed by atoms with E-state index < -0.39 is 0 Å². The molecule has 2 aliphatic carbocycles. The number of nitrogens with zero attached hydrogens (tertiary/aromatic N) is 2. The molecule has 2 aromatic rings. The van der Waals surface area contributed by atoms with Gasteiger partial charge in [-0.15, -0.1) is 0 Å². The van der Waals surface area contributed by atoms with Crippen LogP contribution >= 0.6 is 0 Å². The molecule has 2 unspecified atom stereocenters. The van der Waals surface area contributed by atoms with Crippen LogP contribution in [0.25, 0.3) is 0 Å². The molecule has 2 N–H and O–H groups in total. The number of rotatable bonds is 7. The Kier molecular flexibility index (Phi) is 5.91. The highest BCUT2D eigenvalue weighted by molar-refractivity contribution is 6.09. The fraction of sp³-hybridized carbons (Fsp3) is 0.419. The summed E-state index contributed by atoms with van der Waals surface area (Å²) in [4.78, 5) is 45.1. The second kappa shape index (κ2) is 9.50. The first-order chi connectivity index (χ1) is 19.5. The third-order valence-electron chi connectivity index (χ3n) is 8.96. The van der Waals surface area contributed by atoms with Crippen molar-refractivity contribution in [1.29, 1.82) is 0 Å². The highest BCUT2D eigenvalue weighted by atomic mass is 16.5. The number of piperidine rings is 2. The molecule has 3 atom stereocenters. The van der Waals surface area contributed by atoms with E-state index in [4.69, 9.17) is 9.47 Å². The van der Waals surface area contributed by atoms with Gasteiger partial charge < -0.3 is 25.0 Å². The molecule has 9 nitrogen and oxygen atoms in total. The van der Waals surface area contributed by atoms with Gasteiger partial charge in [0, 0.05) is 60.2 Å². The molecule has 5 aliphatic rings. The molecule has 9 heteroatoms. The van der Waals surface area contributed by atoms with Gasteiger partial charge in [-0.25, -0.2) is 0 Å². The molecule has 3 aliphatic heterocycles. The van der Waals surface area contributed by atoms with Gasteiger partial charge in [-0.2, -0.15) is 0 Å². The zero-order chi connectivity index (χ0) is 27.4. The molecule has 0 aromatic heterocycles. The quantitative estimate of drug-likeness (QED) is 0.511. The molecule has 1 saturated carbocycles. The van der Waals surface area contributed by atoms with Gasteiger partial charge in [0.15, 0.2) is 17.3 Å². The van der Waals surface area contributed by atoms with E-state index in [-0.39, 0.29) is 35.5 Å². The third kappa shape index (κ3) is 3.98. The summed E-state index contributed by atoms with van der Waals surface area (Å²) in [7, 11) is 1.54. The van der Waals surface area contributed by atoms with E-state index in [9.17, 15) is 14.4 Å². The topological polar surface area (TPSA) is 109 Å². The van der Waals surface area contributed by atoms with Gasteiger partial charge >= 0.3 is 0 Å². The Morgan fingerprint density at radius 1 is 1.18 bits per heavy atom. The van der Waals surface area contributed by atoms with Crippen LogP contribution in [0.4, 0.5) is 11.4 Å². The van der Waals surface area contributed by atoms with Crippen LogP contribution in [0.5, 0.6) is 11.5 Å². The SMILES string of the molecule is COc1cc2c(cc1OCCCC(=O)Nc1ccc3c(c1)C(=O)C=C1NCC4CC134)N=C[C@H]1CCCCN1C2=O. The Bertz CT molecular complexity index is 1500. The van der Waals surface area contributed by atoms with Crippen molar-refractivity contribution in [2.45, 2.75) is 50.0 Å². The lowest BCUT2D eigenvalue weighted by Gasteiger charge is -2.32. The average molecular weight is 541 g/mol. The minimum atomic E-state index is -0.145. The first-order valence-electron chi connectivity index (χ1n) is 14.1. The summed E-state index contributed by atoms with van der Waals surface area (Å²) >= 11 is 0. The van der Waals surface area contributed by atoms with Crippen molar-refractivity contribution in [3.8, 4) is 11.5 Å². The summed E-state index contributed by atoms with van der Waals surface area (Å²) in [6.45, 7) is 1.94. The smallest absolute Gasteiger partial charge is 0.256 e. The highest BCUT2D eigenvalue weighted by Crippen LogP contribution is 2.63. The van der Waals surface area contributed by atoms with Crippen LogP contribution in [0, 0.1) is 5.92 Å². The van der Waals surface area contributed by atoms with E-state index in [2.05, 4.69) is 15.6 Å². The van der Waals surface area contributed by atoms with Crippen LogP contribution in [0.3, 0.4) is 0 Å². The lowest BCUT2D eigenvalue weighted by atomic mass is 9.81. The average Bonchev–Trinajstić information content (AvgIpc) is 3.62. The lowest BCUT2D eigenvalue weighted by Crippen LogP contribution is -2.43. The Labute approximate surface area is 232 Å². The van der Waals surface area contributed by atoms with Crippen molar-refractivity contribution < 1.29 is 23.9 Å². The molecule has 7 rings (SSSR count). The summed E-state index contributed by atoms with van der Waals surface area (Å²) in [6, 6.07) is 9.16. The number of carbonyl (C=O) groups is 3. The van der Waals surface area contributed by atoms with Crippen LogP contribution in [-0.2, 0) is 10.2 Å². The number of nitrogens with one attached hydrogen (secondary N) is 2. The number of anilines is 1. The van der Waals surface area contributed by atoms with E-state index in [1.165, 1.54) is 0 Å². The van der Waals surface area contributed by atoms with Gasteiger partial charge in [0.1, 0.15) is 0 Å². The normalized spacial score (nSPS) is 25.3. The van der Waals surface area contributed by atoms with Crippen molar-refractivity contribution in [3.05, 3.63) is 58.8 Å². The number of carbonyl (C=O) groups excluding carboxylic acids is 3. The zero-order valence-electron chi connectivity index (χ0n) is 22.5. The molecular weight excluding hydrogens is 508 g/mol. The molecule has 0 radical (unpaired) electrons. The third-order valence-corrected chi connectivity index (χ3v) is 8.96. The summed E-state index contributed by atoms with van der Waals surface area (Å²) < 4.78 is 11.5. The maximum Gasteiger partial charge on any atom is 0.256 e. The van der Waals surface area contributed by atoms with Crippen LogP contribution in [0.15, 0.2) is 47.1 Å². The number of hydrogen-bond acceptors (Lipinski definition) is 7. The number of ether oxygens (including phenoxy) is 2. The number of hydrogen-bond donors (Lipinski definition) is 2. The number of allylic oxidation sites excluding steroid dienone is 2. The first kappa shape index (κ1) is 24.9. The number of benzene rings is 2. The Hall–Kier alpha value is -4.14. The van der Waals surface area contributed by atoms with E-state index in [0.29, 0.717) is 52.9 Å². The van der Waals surface area contributed by atoms with Crippen LogP contribution in [-0.4, -0.2) is 61.6 Å². The molecule has 2 aromatic carbocycles. The number of amides is 2. The second-order valence-corrected chi connectivity index (χ2v) is 11.3. The summed E-state index contributed by atoms with van der Waals surface area (Å²) in [5.41, 5.74) is 4.50. The molecule has 3 heterocycles. The summed E-state index contributed by atoms with van der Waals surface area (Å²) in [6.07, 6.45) is 8.41. The summed E-state index contributed by atoms with van der Waals surface area (Å²) in [5.74, 6) is 1.32. The van der Waals surface area contributed by atoms with Crippen molar-refractivity contribution in [2.24, 2.45) is 10.9 Å². The minimum Gasteiger partial charge on any atom is -0.493 e. The monoisotopic (exact) mass is 540 g/mol. The first-order valence-corrected chi connectivity index (χ1v) is 14.1. The zero-order valence-corrected chi connectivity index (χ0v) is 22.5. The maximum atomic E-state index is 13.2. The largest absolute Gasteiger partial charge is 0.493 e. The summed E-state index contributed by atoms with van der Waals surface area (Å²) in [5, 5.41) is 6.30. The Morgan fingerprint density at radius 3 is 2.92 bits per heavy atom. The maximum absolute atomic E-state index is 13.2. The number of aliphatic imine (C=N–C) groups is 1. The molecule has 2 saturated heterocycles. The van der Waals surface area contributed by atoms with Gasteiger partial charge in [-0.05, 0) is 61.8 Å². The molecular formula is C31H32N4O5. The highest BCUT2D eigenvalue weighted by Gasteiger charge is 2.63. The molecule has 1 spiro atoms. The standard InChI is InChI=1S/C31H32N4O5/c1-39-26-12-22-24(32-17-20-5-2-3-9-35(20)30(22)38)13-27(26)40-10-4-6-29(37)34-19-7-8-23-21(11-19)25(36)14-28-31(23)15-18(31)16-33-28/h7-8,11-14,17-18,20,33H,2-6,9-10,15-16H2,1H3,(H,34,37)/t18?,20-,31?/m1/s1. The fourth-order valence-corrected chi connectivity index (χ4v) is 6.80. The number of methoxy groups -OCH3 is 1. The number of fused-ring (bicyclic) bond motifs is 3. The lowest BCUT2D eigenvalue weighted by molar-refractivity contribution is -0.116. The van der Waals surface area contributed by atoms with Gasteiger partial charge in [-0.1, -0.05) is 6.07 Å². The minimum absolute atomic E-state index is 0.0168. The molecule has 0 bridgehead atoms. The Morgan fingerprint density at radius 2 is 2.08 bits per heavy atom. The van der Waals surface area contributed by atoms with Crippen molar-refractivity contribution >= 4 is 35.2 Å². The van der Waals surface area contributed by atoms with E-state index in [0.717, 1.165) is 50.0 Å². The molecule has 3 fully saturated rings.